The average molecular weight is 335 g/mol. The van der Waals surface area contributed by atoms with Crippen molar-refractivity contribution in [2.45, 2.75) is 13.1 Å². The van der Waals surface area contributed by atoms with Crippen molar-refractivity contribution in [1.29, 1.82) is 0 Å². The SMILES string of the molecule is CN(Cc1ccc(Br)cc1)Cc1cccc(C(=O)O)n1. The zero-order valence-corrected chi connectivity index (χ0v) is 12.7. The van der Waals surface area contributed by atoms with Gasteiger partial charge in [-0.2, -0.15) is 0 Å². The third-order valence-corrected chi connectivity index (χ3v) is 3.35. The van der Waals surface area contributed by atoms with Gasteiger partial charge < -0.3 is 5.11 Å². The monoisotopic (exact) mass is 334 g/mol. The summed E-state index contributed by atoms with van der Waals surface area (Å²) in [7, 11) is 1.98. The Morgan fingerprint density at radius 1 is 1.20 bits per heavy atom. The molecular formula is C15H15BrN2O2. The van der Waals surface area contributed by atoms with Crippen LogP contribution in [0, 0.1) is 0 Å². The third-order valence-electron chi connectivity index (χ3n) is 2.82. The Hall–Kier alpha value is -1.72. The number of aromatic nitrogens is 1. The van der Waals surface area contributed by atoms with Crippen molar-refractivity contribution in [2.24, 2.45) is 0 Å². The number of hydrogen-bond acceptors (Lipinski definition) is 3. The Morgan fingerprint density at radius 2 is 1.90 bits per heavy atom. The minimum Gasteiger partial charge on any atom is -0.477 e. The molecule has 0 fully saturated rings. The van der Waals surface area contributed by atoms with Crippen LogP contribution in [0.4, 0.5) is 0 Å². The van der Waals surface area contributed by atoms with Crippen LogP contribution >= 0.6 is 15.9 Å². The van der Waals surface area contributed by atoms with Gasteiger partial charge in [0.05, 0.1) is 5.69 Å². The molecule has 0 aliphatic carbocycles. The fourth-order valence-electron chi connectivity index (χ4n) is 1.92. The number of benzene rings is 1. The second-order valence-electron chi connectivity index (χ2n) is 4.62. The topological polar surface area (TPSA) is 53.4 Å². The van der Waals surface area contributed by atoms with E-state index >= 15 is 0 Å². The van der Waals surface area contributed by atoms with E-state index < -0.39 is 5.97 Å². The molecule has 20 heavy (non-hydrogen) atoms. The van der Waals surface area contributed by atoms with Crippen LogP contribution in [0.1, 0.15) is 21.7 Å². The zero-order chi connectivity index (χ0) is 14.5. The van der Waals surface area contributed by atoms with Crippen molar-refractivity contribution in [3.8, 4) is 0 Å². The van der Waals surface area contributed by atoms with Gasteiger partial charge in [-0.05, 0) is 36.9 Å². The average Bonchev–Trinajstić information content (AvgIpc) is 2.41. The number of halogens is 1. The quantitative estimate of drug-likeness (QED) is 0.912. The number of aromatic carboxylic acids is 1. The van der Waals surface area contributed by atoms with Gasteiger partial charge in [0.2, 0.25) is 0 Å². The predicted molar refractivity (Wildman–Crippen MR) is 80.5 cm³/mol. The van der Waals surface area contributed by atoms with Gasteiger partial charge in [-0.25, -0.2) is 9.78 Å². The van der Waals surface area contributed by atoms with Gasteiger partial charge in [0.1, 0.15) is 5.69 Å². The summed E-state index contributed by atoms with van der Waals surface area (Å²) in [6, 6.07) is 13.2. The number of nitrogens with zero attached hydrogens (tertiary/aromatic N) is 2. The van der Waals surface area contributed by atoms with Gasteiger partial charge in [0.25, 0.3) is 0 Å². The minimum atomic E-state index is -0.998. The smallest absolute Gasteiger partial charge is 0.354 e. The molecule has 0 radical (unpaired) electrons. The van der Waals surface area contributed by atoms with Crippen molar-refractivity contribution in [2.75, 3.05) is 7.05 Å². The zero-order valence-electron chi connectivity index (χ0n) is 11.1. The molecule has 1 aromatic carbocycles. The van der Waals surface area contributed by atoms with Crippen LogP contribution in [0.25, 0.3) is 0 Å². The Balaban J connectivity index is 2.00. The molecule has 4 nitrogen and oxygen atoms in total. The summed E-state index contributed by atoms with van der Waals surface area (Å²) in [4.78, 5) is 17.1. The lowest BCUT2D eigenvalue weighted by atomic mass is 10.2. The van der Waals surface area contributed by atoms with Crippen LogP contribution in [0.15, 0.2) is 46.9 Å². The lowest BCUT2D eigenvalue weighted by molar-refractivity contribution is 0.0690. The first-order chi connectivity index (χ1) is 9.54. The Kier molecular flexibility index (Phi) is 4.87. The number of pyridine rings is 1. The molecule has 104 valence electrons. The number of rotatable bonds is 5. The number of carboxylic acid groups (broad SMARTS) is 1. The van der Waals surface area contributed by atoms with E-state index in [0.717, 1.165) is 16.7 Å². The van der Waals surface area contributed by atoms with Crippen molar-refractivity contribution in [3.05, 3.63) is 63.9 Å². The van der Waals surface area contributed by atoms with Crippen LogP contribution in [0.3, 0.4) is 0 Å². The van der Waals surface area contributed by atoms with E-state index in [0.29, 0.717) is 6.54 Å². The van der Waals surface area contributed by atoms with Crippen molar-refractivity contribution in [1.82, 2.24) is 9.88 Å². The van der Waals surface area contributed by atoms with Crippen LogP contribution in [0.2, 0.25) is 0 Å². The van der Waals surface area contributed by atoms with Gasteiger partial charge in [0.15, 0.2) is 0 Å². The van der Waals surface area contributed by atoms with Crippen molar-refractivity contribution < 1.29 is 9.90 Å². The van der Waals surface area contributed by atoms with E-state index in [1.165, 1.54) is 11.6 Å². The summed E-state index contributed by atoms with van der Waals surface area (Å²) in [5, 5.41) is 8.92. The highest BCUT2D eigenvalue weighted by atomic mass is 79.9. The first kappa shape index (κ1) is 14.7. The van der Waals surface area contributed by atoms with Gasteiger partial charge >= 0.3 is 5.97 Å². The summed E-state index contributed by atoms with van der Waals surface area (Å²) in [6.07, 6.45) is 0. The highest BCUT2D eigenvalue weighted by molar-refractivity contribution is 9.10. The molecule has 0 bridgehead atoms. The molecule has 0 saturated carbocycles. The first-order valence-electron chi connectivity index (χ1n) is 6.17. The molecule has 0 aliphatic rings. The lowest BCUT2D eigenvalue weighted by Crippen LogP contribution is -2.18. The summed E-state index contributed by atoms with van der Waals surface area (Å²) in [5.41, 5.74) is 2.04. The van der Waals surface area contributed by atoms with Gasteiger partial charge in [-0.15, -0.1) is 0 Å². The lowest BCUT2D eigenvalue weighted by Gasteiger charge is -2.16. The largest absolute Gasteiger partial charge is 0.477 e. The molecule has 0 aliphatic heterocycles. The van der Waals surface area contributed by atoms with Crippen LogP contribution in [0.5, 0.6) is 0 Å². The van der Waals surface area contributed by atoms with E-state index in [-0.39, 0.29) is 5.69 Å². The molecule has 1 heterocycles. The summed E-state index contributed by atoms with van der Waals surface area (Å²) in [5.74, 6) is -0.998. The minimum absolute atomic E-state index is 0.0829. The predicted octanol–water partition coefficient (Wildman–Crippen LogP) is 3.17. The second kappa shape index (κ2) is 6.63. The molecule has 2 aromatic rings. The maximum Gasteiger partial charge on any atom is 0.354 e. The first-order valence-corrected chi connectivity index (χ1v) is 6.96. The molecule has 0 spiro atoms. The van der Waals surface area contributed by atoms with E-state index in [2.05, 4.69) is 37.9 Å². The molecule has 0 unspecified atom stereocenters. The maximum absolute atomic E-state index is 10.9. The number of carboxylic acids is 1. The molecule has 0 atom stereocenters. The third kappa shape index (κ3) is 4.15. The molecule has 5 heteroatoms. The molecule has 0 amide bonds. The maximum atomic E-state index is 10.9. The van der Waals surface area contributed by atoms with E-state index in [1.807, 2.05) is 25.2 Å². The Labute approximate surface area is 126 Å². The van der Waals surface area contributed by atoms with E-state index in [9.17, 15) is 4.79 Å². The molecule has 0 saturated heterocycles. The Bertz CT molecular complexity index is 599. The normalized spacial score (nSPS) is 10.8. The van der Waals surface area contributed by atoms with Gasteiger partial charge in [0, 0.05) is 17.6 Å². The second-order valence-corrected chi connectivity index (χ2v) is 5.53. The van der Waals surface area contributed by atoms with Crippen molar-refractivity contribution >= 4 is 21.9 Å². The summed E-state index contributed by atoms with van der Waals surface area (Å²) < 4.78 is 1.06. The molecule has 1 N–H and O–H groups in total. The highest BCUT2D eigenvalue weighted by Crippen LogP contribution is 2.12. The van der Waals surface area contributed by atoms with E-state index in [1.54, 1.807) is 6.07 Å². The fraction of sp³-hybridized carbons (Fsp3) is 0.200. The number of carbonyl (C=O) groups is 1. The van der Waals surface area contributed by atoms with Crippen LogP contribution in [-0.4, -0.2) is 28.0 Å². The molecule has 2 rings (SSSR count). The summed E-state index contributed by atoms with van der Waals surface area (Å²) >= 11 is 3.41. The highest BCUT2D eigenvalue weighted by Gasteiger charge is 2.07. The van der Waals surface area contributed by atoms with Gasteiger partial charge in [-0.1, -0.05) is 34.1 Å². The van der Waals surface area contributed by atoms with Crippen LogP contribution < -0.4 is 0 Å². The molecule has 1 aromatic heterocycles. The number of hydrogen-bond donors (Lipinski definition) is 1. The standard InChI is InChI=1S/C15H15BrN2O2/c1-18(9-11-5-7-12(16)8-6-11)10-13-3-2-4-14(17-13)15(19)20/h2-8H,9-10H2,1H3,(H,19,20). The Morgan fingerprint density at radius 3 is 2.55 bits per heavy atom. The van der Waals surface area contributed by atoms with E-state index in [4.69, 9.17) is 5.11 Å². The van der Waals surface area contributed by atoms with Gasteiger partial charge in [-0.3, -0.25) is 4.90 Å². The van der Waals surface area contributed by atoms with Crippen LogP contribution in [-0.2, 0) is 13.1 Å². The fourth-order valence-corrected chi connectivity index (χ4v) is 2.19. The summed E-state index contributed by atoms with van der Waals surface area (Å²) in [6.45, 7) is 1.39. The molecular weight excluding hydrogens is 320 g/mol. The van der Waals surface area contributed by atoms with Crippen molar-refractivity contribution in [3.63, 3.8) is 0 Å².